The van der Waals surface area contributed by atoms with E-state index >= 15 is 0 Å². The van der Waals surface area contributed by atoms with Crippen LogP contribution in [0.2, 0.25) is 0 Å². The highest BCUT2D eigenvalue weighted by atomic mass is 79.9. The van der Waals surface area contributed by atoms with Crippen molar-refractivity contribution in [1.29, 1.82) is 0 Å². The average molecular weight is 489 g/mol. The van der Waals surface area contributed by atoms with Gasteiger partial charge in [-0.15, -0.1) is 0 Å². The number of rotatable bonds is 8. The van der Waals surface area contributed by atoms with E-state index in [1.165, 1.54) is 6.07 Å². The molecule has 3 aromatic rings. The van der Waals surface area contributed by atoms with E-state index in [9.17, 15) is 13.2 Å². The number of carbonyl (C=O) groups excluding carboxylic acids is 1. The van der Waals surface area contributed by atoms with E-state index in [1.807, 2.05) is 13.0 Å². The molecule has 30 heavy (non-hydrogen) atoms. The third kappa shape index (κ3) is 6.08. The maximum absolute atomic E-state index is 12.7. The van der Waals surface area contributed by atoms with Crippen molar-refractivity contribution >= 4 is 43.2 Å². The van der Waals surface area contributed by atoms with Gasteiger partial charge in [-0.3, -0.25) is 9.52 Å². The minimum atomic E-state index is -3.63. The Balaban J connectivity index is 1.72. The minimum Gasteiger partial charge on any atom is -0.492 e. The first-order chi connectivity index (χ1) is 14.4. The highest BCUT2D eigenvalue weighted by Crippen LogP contribution is 2.25. The molecule has 156 valence electrons. The second-order valence-electron chi connectivity index (χ2n) is 6.45. The topological polar surface area (TPSA) is 84.5 Å². The third-order valence-electron chi connectivity index (χ3n) is 4.10. The predicted octanol–water partition coefficient (Wildman–Crippen LogP) is 5.04. The van der Waals surface area contributed by atoms with Crippen molar-refractivity contribution in [3.8, 4) is 5.75 Å². The average Bonchev–Trinajstić information content (AvgIpc) is 2.71. The molecular weight excluding hydrogens is 468 g/mol. The lowest BCUT2D eigenvalue weighted by molar-refractivity contribution is 0.102. The highest BCUT2D eigenvalue weighted by Gasteiger charge is 2.14. The fraction of sp³-hybridized carbons (Fsp3) is 0.136. The number of hydrogen-bond acceptors (Lipinski definition) is 4. The molecule has 0 aliphatic heterocycles. The Kier molecular flexibility index (Phi) is 7.12. The monoisotopic (exact) mass is 488 g/mol. The van der Waals surface area contributed by atoms with Crippen LogP contribution in [0.1, 0.15) is 22.8 Å². The summed E-state index contributed by atoms with van der Waals surface area (Å²) in [7, 11) is -3.63. The molecule has 6 nitrogen and oxygen atoms in total. The van der Waals surface area contributed by atoms with Crippen LogP contribution in [-0.2, 0) is 15.8 Å². The van der Waals surface area contributed by atoms with Crippen molar-refractivity contribution in [3.05, 3.63) is 88.4 Å². The minimum absolute atomic E-state index is 0.168. The predicted molar refractivity (Wildman–Crippen MR) is 122 cm³/mol. The molecule has 8 heteroatoms. The maximum Gasteiger partial charge on any atom is 0.255 e. The van der Waals surface area contributed by atoms with Crippen LogP contribution in [-0.4, -0.2) is 20.9 Å². The summed E-state index contributed by atoms with van der Waals surface area (Å²) in [4.78, 5) is 12.7. The fourth-order valence-electron chi connectivity index (χ4n) is 2.79. The zero-order valence-electron chi connectivity index (χ0n) is 16.3. The molecule has 0 aromatic heterocycles. The number of ether oxygens (including phenoxy) is 1. The van der Waals surface area contributed by atoms with Gasteiger partial charge in [0.2, 0.25) is 10.0 Å². The van der Waals surface area contributed by atoms with Gasteiger partial charge in [-0.05, 0) is 55.0 Å². The summed E-state index contributed by atoms with van der Waals surface area (Å²) < 4.78 is 33.9. The van der Waals surface area contributed by atoms with Crippen molar-refractivity contribution in [2.24, 2.45) is 0 Å². The Hall–Kier alpha value is -2.84. The Morgan fingerprint density at radius 3 is 2.47 bits per heavy atom. The number of halogens is 1. The van der Waals surface area contributed by atoms with Crippen LogP contribution in [0.15, 0.2) is 77.3 Å². The number of nitrogens with one attached hydrogen (secondary N) is 2. The maximum atomic E-state index is 12.7. The Morgan fingerprint density at radius 1 is 1.00 bits per heavy atom. The molecule has 0 saturated carbocycles. The van der Waals surface area contributed by atoms with E-state index in [4.69, 9.17) is 4.74 Å². The molecule has 2 N–H and O–H groups in total. The van der Waals surface area contributed by atoms with Gasteiger partial charge in [-0.25, -0.2) is 8.42 Å². The zero-order valence-corrected chi connectivity index (χ0v) is 18.7. The molecular formula is C22H21BrN2O4S. The fourth-order valence-corrected chi connectivity index (χ4v) is 4.24. The first-order valence-electron chi connectivity index (χ1n) is 9.24. The molecule has 0 aliphatic rings. The summed E-state index contributed by atoms with van der Waals surface area (Å²) in [6.45, 7) is 2.34. The van der Waals surface area contributed by atoms with Gasteiger partial charge in [0.1, 0.15) is 5.75 Å². The van der Waals surface area contributed by atoms with E-state index in [2.05, 4.69) is 26.0 Å². The van der Waals surface area contributed by atoms with Crippen LogP contribution >= 0.6 is 15.9 Å². The standard InChI is InChI=1S/C22H21BrN2O4S/c1-2-29-21-9-4-3-8-20(21)24-22(26)17-6-5-7-19(14-17)25-30(27,28)15-16-10-12-18(23)13-11-16/h3-14,25H,2,15H2,1H3,(H,24,26). The van der Waals surface area contributed by atoms with Crippen LogP contribution in [0.25, 0.3) is 0 Å². The Bertz CT molecular complexity index is 1130. The zero-order chi connectivity index (χ0) is 21.6. The number of amides is 1. The van der Waals surface area contributed by atoms with Gasteiger partial charge in [-0.1, -0.05) is 46.3 Å². The van der Waals surface area contributed by atoms with Crippen molar-refractivity contribution in [2.75, 3.05) is 16.6 Å². The van der Waals surface area contributed by atoms with Crippen LogP contribution < -0.4 is 14.8 Å². The van der Waals surface area contributed by atoms with E-state index < -0.39 is 10.0 Å². The molecule has 0 aliphatic carbocycles. The summed E-state index contributed by atoms with van der Waals surface area (Å²) in [5.74, 6) is 0.0362. The van der Waals surface area contributed by atoms with Gasteiger partial charge >= 0.3 is 0 Å². The first kappa shape index (κ1) is 21.9. The van der Waals surface area contributed by atoms with Gasteiger partial charge in [0, 0.05) is 15.7 Å². The van der Waals surface area contributed by atoms with Crippen LogP contribution in [0.5, 0.6) is 5.75 Å². The molecule has 0 bridgehead atoms. The molecule has 0 radical (unpaired) electrons. The number of anilines is 2. The Morgan fingerprint density at radius 2 is 1.73 bits per heavy atom. The summed E-state index contributed by atoms with van der Waals surface area (Å²) in [6.07, 6.45) is 0. The van der Waals surface area contributed by atoms with Crippen molar-refractivity contribution in [3.63, 3.8) is 0 Å². The smallest absolute Gasteiger partial charge is 0.255 e. The normalized spacial score (nSPS) is 11.0. The van der Waals surface area contributed by atoms with E-state index in [0.717, 1.165) is 4.47 Å². The van der Waals surface area contributed by atoms with Crippen molar-refractivity contribution < 1.29 is 17.9 Å². The molecule has 0 fully saturated rings. The van der Waals surface area contributed by atoms with Gasteiger partial charge in [0.05, 0.1) is 18.0 Å². The lowest BCUT2D eigenvalue weighted by atomic mass is 10.2. The number of hydrogen-bond donors (Lipinski definition) is 2. The van der Waals surface area contributed by atoms with Gasteiger partial charge in [0.15, 0.2) is 0 Å². The molecule has 3 rings (SSSR count). The molecule has 0 saturated heterocycles. The highest BCUT2D eigenvalue weighted by molar-refractivity contribution is 9.10. The largest absolute Gasteiger partial charge is 0.492 e. The van der Waals surface area contributed by atoms with Crippen LogP contribution in [0.4, 0.5) is 11.4 Å². The summed E-state index contributed by atoms with van der Waals surface area (Å²) in [5, 5.41) is 2.80. The number of sulfonamides is 1. The molecule has 3 aromatic carbocycles. The second-order valence-corrected chi connectivity index (χ2v) is 9.09. The third-order valence-corrected chi connectivity index (χ3v) is 5.89. The molecule has 0 spiro atoms. The summed E-state index contributed by atoms with van der Waals surface area (Å²) >= 11 is 3.33. The summed E-state index contributed by atoms with van der Waals surface area (Å²) in [6, 6.07) is 20.5. The van der Waals surface area contributed by atoms with Gasteiger partial charge in [0.25, 0.3) is 5.91 Å². The first-order valence-corrected chi connectivity index (χ1v) is 11.7. The molecule has 0 atom stereocenters. The number of para-hydroxylation sites is 2. The van der Waals surface area contributed by atoms with Gasteiger partial charge in [-0.2, -0.15) is 0 Å². The lowest BCUT2D eigenvalue weighted by Gasteiger charge is -2.12. The number of benzene rings is 3. The summed E-state index contributed by atoms with van der Waals surface area (Å²) in [5.41, 5.74) is 1.85. The van der Waals surface area contributed by atoms with Crippen LogP contribution in [0, 0.1) is 0 Å². The van der Waals surface area contributed by atoms with Crippen LogP contribution in [0.3, 0.4) is 0 Å². The van der Waals surface area contributed by atoms with Crippen molar-refractivity contribution in [2.45, 2.75) is 12.7 Å². The second kappa shape index (κ2) is 9.77. The molecule has 0 unspecified atom stereocenters. The lowest BCUT2D eigenvalue weighted by Crippen LogP contribution is -2.16. The SMILES string of the molecule is CCOc1ccccc1NC(=O)c1cccc(NS(=O)(=O)Cc2ccc(Br)cc2)c1. The molecule has 1 amide bonds. The van der Waals surface area contributed by atoms with Crippen molar-refractivity contribution in [1.82, 2.24) is 0 Å². The molecule has 0 heterocycles. The van der Waals surface area contributed by atoms with E-state index in [0.29, 0.717) is 34.9 Å². The number of carbonyl (C=O) groups is 1. The van der Waals surface area contributed by atoms with Gasteiger partial charge < -0.3 is 10.1 Å². The van der Waals surface area contributed by atoms with E-state index in [-0.39, 0.29) is 11.7 Å². The quantitative estimate of drug-likeness (QED) is 0.464. The Labute approximate surface area is 184 Å². The van der Waals surface area contributed by atoms with E-state index in [1.54, 1.807) is 60.7 Å².